The summed E-state index contributed by atoms with van der Waals surface area (Å²) in [5.41, 5.74) is 0. The predicted molar refractivity (Wildman–Crippen MR) is 52.8 cm³/mol. The van der Waals surface area contributed by atoms with Crippen LogP contribution in [0.2, 0.25) is 0 Å². The highest BCUT2D eigenvalue weighted by atomic mass is 31.1. The Morgan fingerprint density at radius 3 is 2.42 bits per heavy atom. The summed E-state index contributed by atoms with van der Waals surface area (Å²) in [6.07, 6.45) is 5.91. The third kappa shape index (κ3) is 6.75. The maximum Gasteiger partial charge on any atom is 0.505 e. The van der Waals surface area contributed by atoms with Gasteiger partial charge in [-0.15, -0.1) is 4.52 Å². The van der Waals surface area contributed by atoms with Crippen molar-refractivity contribution in [1.82, 2.24) is 0 Å². The van der Waals surface area contributed by atoms with Crippen molar-refractivity contribution in [2.24, 2.45) is 0 Å². The van der Waals surface area contributed by atoms with Crippen LogP contribution in [0.4, 0.5) is 0 Å². The molecule has 0 aliphatic heterocycles. The molecule has 2 nitrogen and oxygen atoms in total. The summed E-state index contributed by atoms with van der Waals surface area (Å²) in [4.78, 5) is 0. The van der Waals surface area contributed by atoms with E-state index in [2.05, 4.69) is 13.8 Å². The Morgan fingerprint density at radius 1 is 1.33 bits per heavy atom. The molecule has 0 spiro atoms. The first-order valence-corrected chi connectivity index (χ1v) is 6.40. The van der Waals surface area contributed by atoms with Gasteiger partial charge in [0.15, 0.2) is 6.66 Å². The monoisotopic (exact) mass is 191 g/mol. The summed E-state index contributed by atoms with van der Waals surface area (Å²) in [6.45, 7) is 5.88. The second-order valence-corrected chi connectivity index (χ2v) is 4.16. The second-order valence-electron chi connectivity index (χ2n) is 3.07. The Labute approximate surface area is 76.6 Å². The fraction of sp³-hybridized carbons (Fsp3) is 1.00. The number of unbranched alkanes of at least 4 members (excludes halogenated alkanes) is 2. The summed E-state index contributed by atoms with van der Waals surface area (Å²) in [5.74, 6) is 0. The zero-order chi connectivity index (χ0) is 9.40. The standard InChI is InChI=1S/C9H20O2P/c1-4-6-7-8-9(5-2)11-12(3)10/h9H,4-8H2,1-3H3/q+1. The Hall–Kier alpha value is 0.0600. The van der Waals surface area contributed by atoms with Crippen molar-refractivity contribution in [3.05, 3.63) is 0 Å². The lowest BCUT2D eigenvalue weighted by Gasteiger charge is -2.06. The van der Waals surface area contributed by atoms with Gasteiger partial charge in [0.25, 0.3) is 0 Å². The molecule has 0 fully saturated rings. The summed E-state index contributed by atoms with van der Waals surface area (Å²) < 4.78 is 16.0. The van der Waals surface area contributed by atoms with Crippen LogP contribution < -0.4 is 0 Å². The number of hydrogen-bond donors (Lipinski definition) is 0. The van der Waals surface area contributed by atoms with E-state index in [9.17, 15) is 4.57 Å². The van der Waals surface area contributed by atoms with Crippen molar-refractivity contribution in [1.29, 1.82) is 0 Å². The maximum atomic E-state index is 10.8. The molecule has 2 atom stereocenters. The van der Waals surface area contributed by atoms with Gasteiger partial charge in [0, 0.05) is 0 Å². The van der Waals surface area contributed by atoms with E-state index in [1.807, 2.05) is 0 Å². The van der Waals surface area contributed by atoms with Crippen LogP contribution in [0.3, 0.4) is 0 Å². The molecule has 0 rings (SSSR count). The quantitative estimate of drug-likeness (QED) is 0.452. The van der Waals surface area contributed by atoms with Crippen LogP contribution in [0, 0.1) is 0 Å². The highest BCUT2D eigenvalue weighted by Gasteiger charge is 2.16. The first-order chi connectivity index (χ1) is 5.70. The molecule has 0 saturated heterocycles. The van der Waals surface area contributed by atoms with Gasteiger partial charge in [-0.05, 0) is 17.4 Å². The van der Waals surface area contributed by atoms with Gasteiger partial charge in [0.05, 0.1) is 0 Å². The summed E-state index contributed by atoms with van der Waals surface area (Å²) >= 11 is 0. The fourth-order valence-electron chi connectivity index (χ4n) is 1.16. The molecule has 0 aliphatic carbocycles. The molecule has 3 heteroatoms. The number of hydrogen-bond acceptors (Lipinski definition) is 2. The highest BCUT2D eigenvalue weighted by Crippen LogP contribution is 2.23. The van der Waals surface area contributed by atoms with Gasteiger partial charge in [-0.25, -0.2) is 0 Å². The molecule has 0 aliphatic rings. The van der Waals surface area contributed by atoms with Gasteiger partial charge in [0.1, 0.15) is 6.10 Å². The molecule has 0 aromatic rings. The third-order valence-corrected chi connectivity index (χ3v) is 2.48. The molecule has 0 saturated carbocycles. The van der Waals surface area contributed by atoms with Gasteiger partial charge in [-0.1, -0.05) is 33.1 Å². The van der Waals surface area contributed by atoms with Crippen molar-refractivity contribution in [3.63, 3.8) is 0 Å². The Balaban J connectivity index is 3.46. The molecule has 0 heterocycles. The molecule has 2 unspecified atom stereocenters. The lowest BCUT2D eigenvalue weighted by molar-refractivity contribution is 0.196. The molecular formula is C9H20O2P+. The molecule has 0 radical (unpaired) electrons. The van der Waals surface area contributed by atoms with Crippen LogP contribution in [0.25, 0.3) is 0 Å². The minimum atomic E-state index is -1.42. The van der Waals surface area contributed by atoms with Gasteiger partial charge in [-0.2, -0.15) is 0 Å². The minimum absolute atomic E-state index is 0.213. The summed E-state index contributed by atoms with van der Waals surface area (Å²) in [5, 5.41) is 0. The van der Waals surface area contributed by atoms with Gasteiger partial charge < -0.3 is 0 Å². The van der Waals surface area contributed by atoms with E-state index in [4.69, 9.17) is 4.52 Å². The van der Waals surface area contributed by atoms with Crippen molar-refractivity contribution < 1.29 is 9.09 Å². The Bertz CT molecular complexity index is 126. The SMILES string of the molecule is CCCCCC(CC)O[P+](C)=O. The molecule has 0 N–H and O–H groups in total. The molecular weight excluding hydrogens is 171 g/mol. The average Bonchev–Trinajstić information content (AvgIpc) is 2.02. The number of rotatable bonds is 7. The van der Waals surface area contributed by atoms with Crippen molar-refractivity contribution in [2.75, 3.05) is 6.66 Å². The largest absolute Gasteiger partial charge is 0.505 e. The summed E-state index contributed by atoms with van der Waals surface area (Å²) in [7, 11) is -1.42. The van der Waals surface area contributed by atoms with Crippen molar-refractivity contribution in [3.8, 4) is 0 Å². The van der Waals surface area contributed by atoms with E-state index < -0.39 is 8.03 Å². The van der Waals surface area contributed by atoms with Crippen LogP contribution in [0.5, 0.6) is 0 Å². The van der Waals surface area contributed by atoms with Crippen molar-refractivity contribution >= 4 is 8.03 Å². The topological polar surface area (TPSA) is 26.3 Å². The first-order valence-electron chi connectivity index (χ1n) is 4.78. The fourth-order valence-corrected chi connectivity index (χ4v) is 1.84. The molecule has 0 aromatic heterocycles. The lowest BCUT2D eigenvalue weighted by Crippen LogP contribution is -2.06. The lowest BCUT2D eigenvalue weighted by atomic mass is 10.1. The van der Waals surface area contributed by atoms with Crippen LogP contribution in [-0.4, -0.2) is 12.8 Å². The van der Waals surface area contributed by atoms with Gasteiger partial charge in [-0.3, -0.25) is 0 Å². The molecule has 0 bridgehead atoms. The van der Waals surface area contributed by atoms with Crippen LogP contribution >= 0.6 is 8.03 Å². The smallest absolute Gasteiger partial charge is 0.143 e. The van der Waals surface area contributed by atoms with Crippen LogP contribution in [-0.2, 0) is 9.09 Å². The molecule has 12 heavy (non-hydrogen) atoms. The van der Waals surface area contributed by atoms with Crippen LogP contribution in [0.1, 0.15) is 46.0 Å². The van der Waals surface area contributed by atoms with E-state index in [1.165, 1.54) is 19.3 Å². The second kappa shape index (κ2) is 7.70. The maximum absolute atomic E-state index is 10.8. The van der Waals surface area contributed by atoms with E-state index >= 15 is 0 Å². The van der Waals surface area contributed by atoms with E-state index in [1.54, 1.807) is 6.66 Å². The van der Waals surface area contributed by atoms with E-state index in [0.29, 0.717) is 0 Å². The minimum Gasteiger partial charge on any atom is -0.143 e. The summed E-state index contributed by atoms with van der Waals surface area (Å²) in [6, 6.07) is 0. The zero-order valence-electron chi connectivity index (χ0n) is 8.38. The van der Waals surface area contributed by atoms with Crippen molar-refractivity contribution in [2.45, 2.75) is 52.1 Å². The molecule has 0 amide bonds. The molecule has 72 valence electrons. The van der Waals surface area contributed by atoms with Gasteiger partial charge in [0.2, 0.25) is 0 Å². The normalized spacial score (nSPS) is 14.4. The average molecular weight is 191 g/mol. The van der Waals surface area contributed by atoms with E-state index in [-0.39, 0.29) is 6.10 Å². The third-order valence-electron chi connectivity index (χ3n) is 1.88. The zero-order valence-corrected chi connectivity index (χ0v) is 9.27. The Kier molecular flexibility index (Phi) is 7.73. The van der Waals surface area contributed by atoms with Crippen LogP contribution in [0.15, 0.2) is 0 Å². The highest BCUT2D eigenvalue weighted by molar-refractivity contribution is 7.38. The molecule has 0 aromatic carbocycles. The van der Waals surface area contributed by atoms with E-state index in [0.717, 1.165) is 12.8 Å². The first kappa shape index (κ1) is 12.1. The van der Waals surface area contributed by atoms with Gasteiger partial charge >= 0.3 is 8.03 Å². The Morgan fingerprint density at radius 2 is 2.00 bits per heavy atom. The predicted octanol–water partition coefficient (Wildman–Crippen LogP) is 3.73.